The smallest absolute Gasteiger partial charge is 0.253 e. The minimum atomic E-state index is 0.102. The second-order valence-corrected chi connectivity index (χ2v) is 6.10. The minimum absolute atomic E-state index is 0.102. The first kappa shape index (κ1) is 14.1. The Balaban J connectivity index is 1.55. The zero-order chi connectivity index (χ0) is 14.7. The van der Waals surface area contributed by atoms with E-state index in [9.17, 15) is 4.79 Å². The lowest BCUT2D eigenvalue weighted by molar-refractivity contribution is 0.0628. The number of hydrogen-bond donors (Lipinski definition) is 1. The van der Waals surface area contributed by atoms with Crippen LogP contribution < -0.4 is 5.73 Å². The molecule has 0 saturated carbocycles. The second kappa shape index (κ2) is 6.28. The van der Waals surface area contributed by atoms with Gasteiger partial charge >= 0.3 is 0 Å². The molecule has 1 aromatic carbocycles. The van der Waals surface area contributed by atoms with Crippen LogP contribution in [-0.4, -0.2) is 41.9 Å². The zero-order valence-electron chi connectivity index (χ0n) is 11.9. The number of carbonyl (C=O) groups excluding carboxylic acids is 1. The lowest BCUT2D eigenvalue weighted by atomic mass is 10.1. The van der Waals surface area contributed by atoms with Crippen LogP contribution >= 0.6 is 11.3 Å². The van der Waals surface area contributed by atoms with Crippen molar-refractivity contribution >= 4 is 22.9 Å². The summed E-state index contributed by atoms with van der Waals surface area (Å²) in [4.78, 5) is 16.7. The van der Waals surface area contributed by atoms with E-state index < -0.39 is 0 Å². The van der Waals surface area contributed by atoms with E-state index in [1.807, 2.05) is 4.90 Å². The van der Waals surface area contributed by atoms with Gasteiger partial charge in [0.15, 0.2) is 0 Å². The molecular formula is C16H19N3OS. The molecule has 0 aliphatic carbocycles. The molecule has 5 heteroatoms. The number of rotatable bonds is 3. The summed E-state index contributed by atoms with van der Waals surface area (Å²) in [6.07, 6.45) is 0. The summed E-state index contributed by atoms with van der Waals surface area (Å²) in [5.41, 5.74) is 8.42. The van der Waals surface area contributed by atoms with Gasteiger partial charge in [0.05, 0.1) is 0 Å². The predicted octanol–water partition coefficient (Wildman–Crippen LogP) is 2.29. The normalized spacial score (nSPS) is 16.1. The van der Waals surface area contributed by atoms with Crippen LogP contribution in [0.4, 0.5) is 5.69 Å². The predicted molar refractivity (Wildman–Crippen MR) is 86.4 cm³/mol. The molecule has 1 aliphatic rings. The highest BCUT2D eigenvalue weighted by Gasteiger charge is 2.22. The number of carbonyl (C=O) groups is 1. The van der Waals surface area contributed by atoms with Crippen LogP contribution in [0.1, 0.15) is 15.9 Å². The monoisotopic (exact) mass is 301 g/mol. The summed E-state index contributed by atoms with van der Waals surface area (Å²) in [5, 5.41) is 4.29. The van der Waals surface area contributed by atoms with Crippen LogP contribution in [0.2, 0.25) is 0 Å². The molecule has 110 valence electrons. The third-order valence-electron chi connectivity index (χ3n) is 3.80. The fourth-order valence-corrected chi connectivity index (χ4v) is 3.22. The highest BCUT2D eigenvalue weighted by molar-refractivity contribution is 7.07. The molecule has 0 spiro atoms. The Hall–Kier alpha value is -1.85. The largest absolute Gasteiger partial charge is 0.399 e. The summed E-state index contributed by atoms with van der Waals surface area (Å²) in [5.74, 6) is 0.102. The van der Waals surface area contributed by atoms with Crippen molar-refractivity contribution in [2.45, 2.75) is 6.54 Å². The van der Waals surface area contributed by atoms with Crippen LogP contribution in [0, 0.1) is 0 Å². The first-order valence-corrected chi connectivity index (χ1v) is 8.05. The van der Waals surface area contributed by atoms with Crippen molar-refractivity contribution in [3.8, 4) is 0 Å². The van der Waals surface area contributed by atoms with E-state index in [4.69, 9.17) is 5.73 Å². The number of anilines is 1. The first-order chi connectivity index (χ1) is 10.2. The number of nitrogen functional groups attached to an aromatic ring is 1. The Morgan fingerprint density at radius 3 is 2.43 bits per heavy atom. The van der Waals surface area contributed by atoms with E-state index in [2.05, 4.69) is 21.7 Å². The van der Waals surface area contributed by atoms with E-state index in [1.54, 1.807) is 35.6 Å². The Kier molecular flexibility index (Phi) is 4.22. The Labute approximate surface area is 128 Å². The Morgan fingerprint density at radius 1 is 1.10 bits per heavy atom. The topological polar surface area (TPSA) is 49.6 Å². The molecule has 1 fully saturated rings. The lowest BCUT2D eigenvalue weighted by Crippen LogP contribution is -2.48. The first-order valence-electron chi connectivity index (χ1n) is 7.10. The molecule has 2 heterocycles. The highest BCUT2D eigenvalue weighted by Crippen LogP contribution is 2.14. The number of hydrogen-bond acceptors (Lipinski definition) is 4. The summed E-state index contributed by atoms with van der Waals surface area (Å²) in [7, 11) is 0. The summed E-state index contributed by atoms with van der Waals surface area (Å²) in [6, 6.07) is 9.32. The maximum Gasteiger partial charge on any atom is 0.253 e. The number of piperazine rings is 1. The van der Waals surface area contributed by atoms with Crippen molar-refractivity contribution in [3.63, 3.8) is 0 Å². The van der Waals surface area contributed by atoms with Crippen molar-refractivity contribution in [1.29, 1.82) is 0 Å². The van der Waals surface area contributed by atoms with Crippen molar-refractivity contribution in [2.24, 2.45) is 0 Å². The number of amides is 1. The molecule has 1 aromatic heterocycles. The van der Waals surface area contributed by atoms with Gasteiger partial charge in [-0.05, 0) is 46.7 Å². The van der Waals surface area contributed by atoms with Gasteiger partial charge in [0, 0.05) is 44.0 Å². The maximum atomic E-state index is 12.4. The SMILES string of the molecule is Nc1ccc(C(=O)N2CCN(Cc3ccsc3)CC2)cc1. The quantitative estimate of drug-likeness (QED) is 0.885. The van der Waals surface area contributed by atoms with Gasteiger partial charge in [-0.1, -0.05) is 0 Å². The van der Waals surface area contributed by atoms with Crippen molar-refractivity contribution < 1.29 is 4.79 Å². The number of nitrogens with two attached hydrogens (primary N) is 1. The van der Waals surface area contributed by atoms with E-state index in [0.717, 1.165) is 38.3 Å². The number of nitrogens with zero attached hydrogens (tertiary/aromatic N) is 2. The highest BCUT2D eigenvalue weighted by atomic mass is 32.1. The maximum absolute atomic E-state index is 12.4. The second-order valence-electron chi connectivity index (χ2n) is 5.32. The van der Waals surface area contributed by atoms with Crippen LogP contribution in [-0.2, 0) is 6.54 Å². The molecule has 0 atom stereocenters. The summed E-state index contributed by atoms with van der Waals surface area (Å²) >= 11 is 1.73. The average Bonchev–Trinajstić information content (AvgIpc) is 3.01. The van der Waals surface area contributed by atoms with Gasteiger partial charge in [0.25, 0.3) is 5.91 Å². The van der Waals surface area contributed by atoms with Crippen molar-refractivity contribution in [2.75, 3.05) is 31.9 Å². The molecule has 1 amide bonds. The van der Waals surface area contributed by atoms with Crippen molar-refractivity contribution in [1.82, 2.24) is 9.80 Å². The third-order valence-corrected chi connectivity index (χ3v) is 4.54. The van der Waals surface area contributed by atoms with Crippen LogP contribution in [0.5, 0.6) is 0 Å². The van der Waals surface area contributed by atoms with Crippen LogP contribution in [0.3, 0.4) is 0 Å². The van der Waals surface area contributed by atoms with Gasteiger partial charge in [-0.15, -0.1) is 0 Å². The van der Waals surface area contributed by atoms with Gasteiger partial charge in [-0.2, -0.15) is 11.3 Å². The van der Waals surface area contributed by atoms with E-state index >= 15 is 0 Å². The lowest BCUT2D eigenvalue weighted by Gasteiger charge is -2.34. The van der Waals surface area contributed by atoms with E-state index in [0.29, 0.717) is 5.69 Å². The van der Waals surface area contributed by atoms with Gasteiger partial charge in [0.1, 0.15) is 0 Å². The fraction of sp³-hybridized carbons (Fsp3) is 0.312. The molecule has 2 N–H and O–H groups in total. The van der Waals surface area contributed by atoms with Gasteiger partial charge in [-0.25, -0.2) is 0 Å². The average molecular weight is 301 g/mol. The fourth-order valence-electron chi connectivity index (χ4n) is 2.56. The molecule has 4 nitrogen and oxygen atoms in total. The van der Waals surface area contributed by atoms with Crippen LogP contribution in [0.15, 0.2) is 41.1 Å². The zero-order valence-corrected chi connectivity index (χ0v) is 12.7. The minimum Gasteiger partial charge on any atom is -0.399 e. The van der Waals surface area contributed by atoms with E-state index in [1.165, 1.54) is 5.56 Å². The molecule has 1 saturated heterocycles. The Morgan fingerprint density at radius 2 is 1.81 bits per heavy atom. The van der Waals surface area contributed by atoms with E-state index in [-0.39, 0.29) is 5.91 Å². The molecule has 3 rings (SSSR count). The standard InChI is InChI=1S/C16H19N3OS/c17-15-3-1-14(2-4-15)16(20)19-8-6-18(7-9-19)11-13-5-10-21-12-13/h1-5,10,12H,6-9,11,17H2. The summed E-state index contributed by atoms with van der Waals surface area (Å²) in [6.45, 7) is 4.40. The van der Waals surface area contributed by atoms with Gasteiger partial charge in [-0.3, -0.25) is 9.69 Å². The molecule has 0 unspecified atom stereocenters. The molecule has 21 heavy (non-hydrogen) atoms. The molecule has 0 radical (unpaired) electrons. The molecule has 1 aliphatic heterocycles. The molecule has 2 aromatic rings. The van der Waals surface area contributed by atoms with Crippen molar-refractivity contribution in [3.05, 3.63) is 52.2 Å². The Bertz CT molecular complexity index is 586. The number of benzene rings is 1. The third kappa shape index (κ3) is 3.43. The molecular weight excluding hydrogens is 282 g/mol. The summed E-state index contributed by atoms with van der Waals surface area (Å²) < 4.78 is 0. The van der Waals surface area contributed by atoms with Crippen LogP contribution in [0.25, 0.3) is 0 Å². The molecule has 0 bridgehead atoms. The van der Waals surface area contributed by atoms with Gasteiger partial charge < -0.3 is 10.6 Å². The van der Waals surface area contributed by atoms with Gasteiger partial charge in [0.2, 0.25) is 0 Å². The number of thiophene rings is 1.